The third kappa shape index (κ3) is 3.80. The van der Waals surface area contributed by atoms with Gasteiger partial charge in [0.2, 0.25) is 0 Å². The molecular formula is C15H21N5O2. The molecule has 3 rings (SSSR count). The maximum atomic E-state index is 11.3. The fraction of sp³-hybridized carbons (Fsp3) is 0.533. The van der Waals surface area contributed by atoms with Gasteiger partial charge in [-0.25, -0.2) is 4.98 Å². The summed E-state index contributed by atoms with van der Waals surface area (Å²) in [5, 5.41) is 7.04. The van der Waals surface area contributed by atoms with Crippen LogP contribution in [-0.2, 0) is 17.7 Å². The third-order valence-electron chi connectivity index (χ3n) is 4.01. The van der Waals surface area contributed by atoms with Gasteiger partial charge >= 0.3 is 0 Å². The van der Waals surface area contributed by atoms with Crippen LogP contribution in [0.15, 0.2) is 23.4 Å². The summed E-state index contributed by atoms with van der Waals surface area (Å²) < 4.78 is 5.83. The Kier molecular flexibility index (Phi) is 4.65. The predicted octanol–water partition coefficient (Wildman–Crippen LogP) is 0.635. The van der Waals surface area contributed by atoms with Crippen LogP contribution >= 0.6 is 0 Å². The van der Waals surface area contributed by atoms with Crippen LogP contribution < -0.4 is 5.56 Å². The minimum Gasteiger partial charge on any atom is -0.376 e. The minimum absolute atomic E-state index is 0.105. The van der Waals surface area contributed by atoms with E-state index in [1.165, 1.54) is 11.9 Å². The molecule has 1 unspecified atom stereocenters. The van der Waals surface area contributed by atoms with Gasteiger partial charge in [-0.1, -0.05) is 0 Å². The van der Waals surface area contributed by atoms with E-state index in [1.807, 2.05) is 13.1 Å². The van der Waals surface area contributed by atoms with Gasteiger partial charge in [0.15, 0.2) is 0 Å². The highest BCUT2D eigenvalue weighted by molar-refractivity contribution is 5.14. The van der Waals surface area contributed by atoms with Crippen molar-refractivity contribution in [1.82, 2.24) is 25.1 Å². The van der Waals surface area contributed by atoms with E-state index in [-0.39, 0.29) is 11.7 Å². The SMILES string of the molecule is Cc1[nH]ncc1CN1CCOC(CCc2cc(=O)[nH]cn2)C1. The van der Waals surface area contributed by atoms with E-state index in [9.17, 15) is 4.79 Å². The zero-order chi connectivity index (χ0) is 15.4. The molecule has 0 radical (unpaired) electrons. The van der Waals surface area contributed by atoms with Crippen LogP contribution in [-0.4, -0.2) is 50.9 Å². The molecule has 0 spiro atoms. The smallest absolute Gasteiger partial charge is 0.250 e. The largest absolute Gasteiger partial charge is 0.376 e. The van der Waals surface area contributed by atoms with Crippen molar-refractivity contribution in [1.29, 1.82) is 0 Å². The lowest BCUT2D eigenvalue weighted by Crippen LogP contribution is -2.42. The van der Waals surface area contributed by atoms with Gasteiger partial charge in [0.25, 0.3) is 5.56 Å². The molecule has 2 aromatic heterocycles. The first-order valence-corrected chi connectivity index (χ1v) is 7.57. The number of morpholine rings is 1. The van der Waals surface area contributed by atoms with Crippen LogP contribution in [0, 0.1) is 6.92 Å². The molecule has 1 saturated heterocycles. The summed E-state index contributed by atoms with van der Waals surface area (Å²) in [5.74, 6) is 0. The van der Waals surface area contributed by atoms with Crippen molar-refractivity contribution in [2.45, 2.75) is 32.4 Å². The Balaban J connectivity index is 1.52. The fourth-order valence-corrected chi connectivity index (χ4v) is 2.73. The van der Waals surface area contributed by atoms with E-state index in [0.717, 1.165) is 50.5 Å². The second kappa shape index (κ2) is 6.85. The Bertz CT molecular complexity index is 666. The Morgan fingerprint density at radius 1 is 1.50 bits per heavy atom. The molecule has 0 aromatic carbocycles. The van der Waals surface area contributed by atoms with Crippen molar-refractivity contribution in [3.63, 3.8) is 0 Å². The molecule has 7 heteroatoms. The number of nitrogens with one attached hydrogen (secondary N) is 2. The van der Waals surface area contributed by atoms with E-state index < -0.39 is 0 Å². The van der Waals surface area contributed by atoms with Crippen molar-refractivity contribution < 1.29 is 4.74 Å². The van der Waals surface area contributed by atoms with E-state index in [1.54, 1.807) is 6.07 Å². The second-order valence-corrected chi connectivity index (χ2v) is 5.69. The van der Waals surface area contributed by atoms with Crippen LogP contribution in [0.2, 0.25) is 0 Å². The lowest BCUT2D eigenvalue weighted by molar-refractivity contribution is -0.0347. The number of hydrogen-bond acceptors (Lipinski definition) is 5. The monoisotopic (exact) mass is 303 g/mol. The Hall–Kier alpha value is -1.99. The number of aryl methyl sites for hydroxylation is 2. The standard InChI is InChI=1S/C15H21N5O2/c1-11-12(7-18-19-11)8-20-4-5-22-14(9-20)3-2-13-6-15(21)17-10-16-13/h6-7,10,14H,2-5,8-9H2,1H3,(H,18,19)(H,16,17,21). The molecule has 22 heavy (non-hydrogen) atoms. The number of nitrogens with zero attached hydrogens (tertiary/aromatic N) is 3. The fourth-order valence-electron chi connectivity index (χ4n) is 2.73. The van der Waals surface area contributed by atoms with Crippen LogP contribution in [0.5, 0.6) is 0 Å². The van der Waals surface area contributed by atoms with Crippen molar-refractivity contribution in [3.8, 4) is 0 Å². The molecular weight excluding hydrogens is 282 g/mol. The summed E-state index contributed by atoms with van der Waals surface area (Å²) in [5.41, 5.74) is 3.06. The maximum absolute atomic E-state index is 11.3. The number of ether oxygens (including phenoxy) is 1. The number of aromatic amines is 2. The molecule has 7 nitrogen and oxygen atoms in total. The first-order valence-electron chi connectivity index (χ1n) is 7.57. The average molecular weight is 303 g/mol. The van der Waals surface area contributed by atoms with Gasteiger partial charge in [-0.15, -0.1) is 0 Å². The zero-order valence-electron chi connectivity index (χ0n) is 12.7. The zero-order valence-corrected chi connectivity index (χ0v) is 12.7. The van der Waals surface area contributed by atoms with Crippen LogP contribution in [0.4, 0.5) is 0 Å². The lowest BCUT2D eigenvalue weighted by Gasteiger charge is -2.32. The van der Waals surface area contributed by atoms with Crippen molar-refractivity contribution in [2.24, 2.45) is 0 Å². The quantitative estimate of drug-likeness (QED) is 0.846. The Morgan fingerprint density at radius 3 is 3.18 bits per heavy atom. The summed E-state index contributed by atoms with van der Waals surface area (Å²) >= 11 is 0. The summed E-state index contributed by atoms with van der Waals surface area (Å²) in [6.45, 7) is 5.51. The highest BCUT2D eigenvalue weighted by Gasteiger charge is 2.21. The lowest BCUT2D eigenvalue weighted by atomic mass is 10.1. The van der Waals surface area contributed by atoms with Crippen LogP contribution in [0.3, 0.4) is 0 Å². The molecule has 0 bridgehead atoms. The first-order chi connectivity index (χ1) is 10.7. The highest BCUT2D eigenvalue weighted by atomic mass is 16.5. The van der Waals surface area contributed by atoms with Crippen molar-refractivity contribution in [2.75, 3.05) is 19.7 Å². The predicted molar refractivity (Wildman–Crippen MR) is 81.5 cm³/mol. The van der Waals surface area contributed by atoms with Crippen molar-refractivity contribution >= 4 is 0 Å². The number of hydrogen-bond donors (Lipinski definition) is 2. The molecule has 1 aliphatic heterocycles. The molecule has 0 aliphatic carbocycles. The molecule has 3 heterocycles. The summed E-state index contributed by atoms with van der Waals surface area (Å²) in [7, 11) is 0. The van der Waals surface area contributed by atoms with Gasteiger partial charge < -0.3 is 9.72 Å². The minimum atomic E-state index is -0.105. The number of H-pyrrole nitrogens is 2. The summed E-state index contributed by atoms with van der Waals surface area (Å²) in [4.78, 5) is 20.4. The molecule has 2 N–H and O–H groups in total. The van der Waals surface area contributed by atoms with Gasteiger partial charge in [0, 0.05) is 42.7 Å². The van der Waals surface area contributed by atoms with E-state index >= 15 is 0 Å². The van der Waals surface area contributed by atoms with Gasteiger partial charge in [0.1, 0.15) is 0 Å². The number of rotatable bonds is 5. The molecule has 1 aliphatic rings. The average Bonchev–Trinajstić information content (AvgIpc) is 2.91. The van der Waals surface area contributed by atoms with Gasteiger partial charge in [0.05, 0.1) is 25.2 Å². The molecule has 2 aromatic rings. The molecule has 1 fully saturated rings. The normalized spacial score (nSPS) is 19.4. The molecule has 118 valence electrons. The van der Waals surface area contributed by atoms with Crippen molar-refractivity contribution in [3.05, 3.63) is 45.9 Å². The van der Waals surface area contributed by atoms with Crippen LogP contribution in [0.25, 0.3) is 0 Å². The van der Waals surface area contributed by atoms with Gasteiger partial charge in [-0.3, -0.25) is 14.8 Å². The second-order valence-electron chi connectivity index (χ2n) is 5.69. The van der Waals surface area contributed by atoms with Gasteiger partial charge in [-0.05, 0) is 19.8 Å². The maximum Gasteiger partial charge on any atom is 0.250 e. The first kappa shape index (κ1) is 14.9. The van der Waals surface area contributed by atoms with Crippen LogP contribution in [0.1, 0.15) is 23.4 Å². The molecule has 0 amide bonds. The topological polar surface area (TPSA) is 86.9 Å². The van der Waals surface area contributed by atoms with E-state index in [0.29, 0.717) is 0 Å². The van der Waals surface area contributed by atoms with E-state index in [4.69, 9.17) is 4.74 Å². The van der Waals surface area contributed by atoms with Gasteiger partial charge in [-0.2, -0.15) is 5.10 Å². The Labute approximate surface area is 128 Å². The third-order valence-corrected chi connectivity index (χ3v) is 4.01. The summed E-state index contributed by atoms with van der Waals surface area (Å²) in [6, 6.07) is 1.55. The summed E-state index contributed by atoms with van der Waals surface area (Å²) in [6.07, 6.45) is 5.15. The van der Waals surface area contributed by atoms with E-state index in [2.05, 4.69) is 25.1 Å². The molecule has 1 atom stereocenters. The molecule has 0 saturated carbocycles. The highest BCUT2D eigenvalue weighted by Crippen LogP contribution is 2.15. The number of aromatic nitrogens is 4. The Morgan fingerprint density at radius 2 is 2.41 bits per heavy atom.